The van der Waals surface area contributed by atoms with Gasteiger partial charge in [0, 0.05) is 32.2 Å². The van der Waals surface area contributed by atoms with Crippen LogP contribution in [0.4, 0.5) is 17.3 Å². The second-order valence-electron chi connectivity index (χ2n) is 6.72. The minimum Gasteiger partial charge on any atom is -0.393 e. The number of piperazine rings is 1. The van der Waals surface area contributed by atoms with Gasteiger partial charge in [0.05, 0.1) is 0 Å². The topological polar surface area (TPSA) is 82.3 Å². The summed E-state index contributed by atoms with van der Waals surface area (Å²) in [5.74, 6) is 1.48. The number of aromatic nitrogens is 2. The predicted molar refractivity (Wildman–Crippen MR) is 94.2 cm³/mol. The van der Waals surface area contributed by atoms with E-state index in [1.54, 1.807) is 6.33 Å². The lowest BCUT2D eigenvalue weighted by Crippen LogP contribution is -2.47. The molecule has 0 unspecified atom stereocenters. The van der Waals surface area contributed by atoms with E-state index in [2.05, 4.69) is 37.7 Å². The molecule has 1 saturated heterocycles. The van der Waals surface area contributed by atoms with Crippen molar-refractivity contribution in [2.24, 2.45) is 0 Å². The monoisotopic (exact) mass is 319 g/mol. The molecular weight excluding hydrogens is 290 g/mol. The van der Waals surface area contributed by atoms with Crippen LogP contribution in [0.2, 0.25) is 0 Å². The minimum absolute atomic E-state index is 0.478. The summed E-state index contributed by atoms with van der Waals surface area (Å²) in [7, 11) is 2.14. The maximum atomic E-state index is 6.30. The van der Waals surface area contributed by atoms with Crippen LogP contribution >= 0.6 is 0 Å². The number of hydrogen-bond acceptors (Lipinski definition) is 7. The van der Waals surface area contributed by atoms with Crippen LogP contribution in [0.15, 0.2) is 6.33 Å². The standard InChI is InChI=1S/C16H29N7/c1-22-8-10-23(11-9-22)21-16-14(17)15(18-12-19-16)20-13-6-4-2-3-5-7-13/h12-13H,2-11,17H2,1H3,(H2,18,19,20,21). The molecule has 0 bridgehead atoms. The maximum absolute atomic E-state index is 6.30. The summed E-state index contributed by atoms with van der Waals surface area (Å²) >= 11 is 0. The van der Waals surface area contributed by atoms with Crippen molar-refractivity contribution >= 4 is 17.3 Å². The van der Waals surface area contributed by atoms with Crippen LogP contribution in [-0.4, -0.2) is 59.1 Å². The van der Waals surface area contributed by atoms with Crippen LogP contribution in [0.1, 0.15) is 38.5 Å². The summed E-state index contributed by atoms with van der Waals surface area (Å²) in [6.45, 7) is 4.02. The molecule has 1 aliphatic carbocycles. The first-order valence-corrected chi connectivity index (χ1v) is 8.79. The molecule has 0 atom stereocenters. The average molecular weight is 319 g/mol. The molecule has 4 N–H and O–H groups in total. The van der Waals surface area contributed by atoms with Gasteiger partial charge in [-0.3, -0.25) is 0 Å². The summed E-state index contributed by atoms with van der Waals surface area (Å²) in [6.07, 6.45) is 9.24. The Morgan fingerprint density at radius 3 is 2.35 bits per heavy atom. The molecule has 0 aromatic carbocycles. The van der Waals surface area contributed by atoms with E-state index < -0.39 is 0 Å². The Balaban J connectivity index is 1.63. The molecule has 128 valence electrons. The van der Waals surface area contributed by atoms with Gasteiger partial charge in [-0.05, 0) is 19.9 Å². The molecule has 1 aliphatic heterocycles. The van der Waals surface area contributed by atoms with E-state index in [4.69, 9.17) is 5.73 Å². The molecular formula is C16H29N7. The van der Waals surface area contributed by atoms with Crippen LogP contribution in [0.5, 0.6) is 0 Å². The van der Waals surface area contributed by atoms with Crippen LogP contribution in [0, 0.1) is 0 Å². The van der Waals surface area contributed by atoms with Gasteiger partial charge >= 0.3 is 0 Å². The maximum Gasteiger partial charge on any atom is 0.169 e. The van der Waals surface area contributed by atoms with Gasteiger partial charge in [-0.25, -0.2) is 15.0 Å². The average Bonchev–Trinajstić information content (AvgIpc) is 2.82. The molecule has 0 amide bonds. The number of rotatable bonds is 4. The molecule has 0 radical (unpaired) electrons. The third kappa shape index (κ3) is 4.45. The highest BCUT2D eigenvalue weighted by Gasteiger charge is 2.18. The SMILES string of the molecule is CN1CCN(Nc2ncnc(NC3CCCCCC3)c2N)CC1. The van der Waals surface area contributed by atoms with Crippen LogP contribution in [0.3, 0.4) is 0 Å². The van der Waals surface area contributed by atoms with Crippen molar-refractivity contribution in [2.45, 2.75) is 44.6 Å². The number of nitrogens with two attached hydrogens (primary N) is 1. The van der Waals surface area contributed by atoms with E-state index in [1.165, 1.54) is 38.5 Å². The molecule has 1 saturated carbocycles. The lowest BCUT2D eigenvalue weighted by molar-refractivity contribution is 0.178. The van der Waals surface area contributed by atoms with Crippen molar-refractivity contribution in [3.05, 3.63) is 6.33 Å². The van der Waals surface area contributed by atoms with Gasteiger partial charge in [0.2, 0.25) is 0 Å². The van der Waals surface area contributed by atoms with E-state index in [9.17, 15) is 0 Å². The zero-order chi connectivity index (χ0) is 16.1. The Labute approximate surface area is 138 Å². The molecule has 7 nitrogen and oxygen atoms in total. The van der Waals surface area contributed by atoms with E-state index in [-0.39, 0.29) is 0 Å². The molecule has 7 heteroatoms. The normalized spacial score (nSPS) is 21.8. The highest BCUT2D eigenvalue weighted by atomic mass is 15.5. The van der Waals surface area contributed by atoms with Gasteiger partial charge in [-0.2, -0.15) is 0 Å². The number of hydrogen-bond donors (Lipinski definition) is 3. The summed E-state index contributed by atoms with van der Waals surface area (Å²) in [4.78, 5) is 11.0. The fourth-order valence-corrected chi connectivity index (χ4v) is 3.28. The predicted octanol–water partition coefficient (Wildman–Crippen LogP) is 1.77. The Hall–Kier alpha value is -1.60. The van der Waals surface area contributed by atoms with Crippen molar-refractivity contribution < 1.29 is 0 Å². The number of nitrogen functional groups attached to an aromatic ring is 1. The molecule has 3 rings (SSSR count). The van der Waals surface area contributed by atoms with E-state index in [1.807, 2.05) is 0 Å². The van der Waals surface area contributed by atoms with Crippen molar-refractivity contribution in [3.8, 4) is 0 Å². The number of anilines is 3. The second kappa shape index (κ2) is 7.79. The number of nitrogens with one attached hydrogen (secondary N) is 2. The first kappa shape index (κ1) is 16.3. The van der Waals surface area contributed by atoms with Gasteiger partial charge < -0.3 is 21.4 Å². The number of hydrazine groups is 1. The zero-order valence-electron chi connectivity index (χ0n) is 14.1. The zero-order valence-corrected chi connectivity index (χ0v) is 14.1. The van der Waals surface area contributed by atoms with Gasteiger partial charge in [-0.15, -0.1) is 0 Å². The highest BCUT2D eigenvalue weighted by molar-refractivity contribution is 5.73. The summed E-state index contributed by atoms with van der Waals surface area (Å²) in [5, 5.41) is 5.71. The van der Waals surface area contributed by atoms with E-state index >= 15 is 0 Å². The lowest BCUT2D eigenvalue weighted by atomic mass is 10.1. The molecule has 0 spiro atoms. The lowest BCUT2D eigenvalue weighted by Gasteiger charge is -2.33. The van der Waals surface area contributed by atoms with Crippen LogP contribution < -0.4 is 16.5 Å². The Kier molecular flexibility index (Phi) is 5.51. The highest BCUT2D eigenvalue weighted by Crippen LogP contribution is 2.26. The first-order chi connectivity index (χ1) is 11.2. The summed E-state index contributed by atoms with van der Waals surface area (Å²) in [6, 6.07) is 0.478. The molecule has 2 heterocycles. The van der Waals surface area contributed by atoms with Crippen molar-refractivity contribution in [1.29, 1.82) is 0 Å². The van der Waals surface area contributed by atoms with Crippen molar-refractivity contribution in [3.63, 3.8) is 0 Å². The van der Waals surface area contributed by atoms with Gasteiger partial charge in [-0.1, -0.05) is 25.7 Å². The summed E-state index contributed by atoms with van der Waals surface area (Å²) < 4.78 is 0. The minimum atomic E-state index is 0.478. The van der Waals surface area contributed by atoms with Gasteiger partial charge in [0.25, 0.3) is 0 Å². The fourth-order valence-electron chi connectivity index (χ4n) is 3.28. The quantitative estimate of drug-likeness (QED) is 0.730. The van der Waals surface area contributed by atoms with Gasteiger partial charge in [0.15, 0.2) is 11.6 Å². The third-order valence-electron chi connectivity index (χ3n) is 4.85. The molecule has 2 aliphatic rings. The van der Waals surface area contributed by atoms with Crippen molar-refractivity contribution in [2.75, 3.05) is 49.7 Å². The fraction of sp³-hybridized carbons (Fsp3) is 0.750. The molecule has 1 aromatic rings. The van der Waals surface area contributed by atoms with Crippen LogP contribution in [0.25, 0.3) is 0 Å². The van der Waals surface area contributed by atoms with Gasteiger partial charge in [0.1, 0.15) is 12.0 Å². The Morgan fingerprint density at radius 2 is 1.65 bits per heavy atom. The molecule has 2 fully saturated rings. The molecule has 23 heavy (non-hydrogen) atoms. The smallest absolute Gasteiger partial charge is 0.169 e. The first-order valence-electron chi connectivity index (χ1n) is 8.79. The Bertz CT molecular complexity index is 491. The number of nitrogens with zero attached hydrogens (tertiary/aromatic N) is 4. The van der Waals surface area contributed by atoms with E-state index in [0.717, 1.165) is 32.0 Å². The largest absolute Gasteiger partial charge is 0.393 e. The van der Waals surface area contributed by atoms with Crippen LogP contribution in [-0.2, 0) is 0 Å². The van der Waals surface area contributed by atoms with Crippen molar-refractivity contribution in [1.82, 2.24) is 19.9 Å². The second-order valence-corrected chi connectivity index (χ2v) is 6.72. The molecule has 1 aromatic heterocycles. The Morgan fingerprint density at radius 1 is 1.00 bits per heavy atom. The number of likely N-dealkylation sites (N-methyl/N-ethyl adjacent to an activating group) is 1. The third-order valence-corrected chi connectivity index (χ3v) is 4.85. The van der Waals surface area contributed by atoms with E-state index in [0.29, 0.717) is 17.5 Å². The summed E-state index contributed by atoms with van der Waals surface area (Å²) in [5.41, 5.74) is 10.3.